The molecule has 4 heteroatoms. The molecule has 92 valence electrons. The second-order valence-electron chi connectivity index (χ2n) is 4.48. The normalized spacial score (nSPS) is 24.4. The fourth-order valence-corrected chi connectivity index (χ4v) is 2.91. The van der Waals surface area contributed by atoms with E-state index in [1.807, 2.05) is 36.2 Å². The number of nitrogens with one attached hydrogen (secondary N) is 1. The van der Waals surface area contributed by atoms with E-state index in [2.05, 4.69) is 28.2 Å². The lowest BCUT2D eigenvalue weighted by Gasteiger charge is -2.25. The zero-order valence-corrected chi connectivity index (χ0v) is 11.7. The summed E-state index contributed by atoms with van der Waals surface area (Å²) in [4.78, 5) is 14.0. The van der Waals surface area contributed by atoms with Crippen LogP contribution in [0.5, 0.6) is 0 Å². The van der Waals surface area contributed by atoms with Gasteiger partial charge in [0, 0.05) is 29.4 Å². The monoisotopic (exact) mass is 296 g/mol. The highest BCUT2D eigenvalue weighted by Crippen LogP contribution is 2.34. The SMILES string of the molecule is CNCC1CC(=O)N(c2ccccc2Br)C1C. The molecule has 17 heavy (non-hydrogen) atoms. The summed E-state index contributed by atoms with van der Waals surface area (Å²) in [6.07, 6.45) is 0.628. The largest absolute Gasteiger partial charge is 0.319 e. The molecule has 3 nitrogen and oxygen atoms in total. The average Bonchev–Trinajstić information content (AvgIpc) is 2.57. The zero-order valence-electron chi connectivity index (χ0n) is 10.1. The average molecular weight is 297 g/mol. The van der Waals surface area contributed by atoms with Crippen LogP contribution in [0.3, 0.4) is 0 Å². The van der Waals surface area contributed by atoms with Crippen LogP contribution in [0.15, 0.2) is 28.7 Å². The van der Waals surface area contributed by atoms with Gasteiger partial charge >= 0.3 is 0 Å². The maximum atomic E-state index is 12.1. The van der Waals surface area contributed by atoms with E-state index in [4.69, 9.17) is 0 Å². The number of halogens is 1. The molecule has 1 saturated heterocycles. The lowest BCUT2D eigenvalue weighted by molar-refractivity contribution is -0.117. The molecule has 1 aromatic rings. The van der Waals surface area contributed by atoms with Crippen LogP contribution >= 0.6 is 15.9 Å². The summed E-state index contributed by atoms with van der Waals surface area (Å²) >= 11 is 3.51. The molecule has 0 aliphatic carbocycles. The van der Waals surface area contributed by atoms with E-state index in [-0.39, 0.29) is 11.9 Å². The molecule has 1 aliphatic rings. The van der Waals surface area contributed by atoms with Gasteiger partial charge in [0.2, 0.25) is 5.91 Å². The summed E-state index contributed by atoms with van der Waals surface area (Å²) in [5, 5.41) is 3.16. The Labute approximate surface area is 110 Å². The van der Waals surface area contributed by atoms with E-state index < -0.39 is 0 Å². The Balaban J connectivity index is 2.27. The Bertz CT molecular complexity index is 422. The van der Waals surface area contributed by atoms with Crippen molar-refractivity contribution in [2.45, 2.75) is 19.4 Å². The predicted molar refractivity (Wildman–Crippen MR) is 73.1 cm³/mol. The number of anilines is 1. The minimum atomic E-state index is 0.213. The smallest absolute Gasteiger partial charge is 0.227 e. The van der Waals surface area contributed by atoms with Crippen LogP contribution in [0.1, 0.15) is 13.3 Å². The molecule has 1 amide bonds. The molecule has 2 atom stereocenters. The lowest BCUT2D eigenvalue weighted by atomic mass is 10.0. The first-order valence-corrected chi connectivity index (χ1v) is 6.65. The van der Waals surface area contributed by atoms with Crippen molar-refractivity contribution in [1.29, 1.82) is 0 Å². The fourth-order valence-electron chi connectivity index (χ4n) is 2.44. The van der Waals surface area contributed by atoms with E-state index in [1.54, 1.807) is 0 Å². The number of nitrogens with zero attached hydrogens (tertiary/aromatic N) is 1. The molecule has 0 radical (unpaired) electrons. The number of rotatable bonds is 3. The highest BCUT2D eigenvalue weighted by molar-refractivity contribution is 9.10. The summed E-state index contributed by atoms with van der Waals surface area (Å²) in [6, 6.07) is 8.13. The second-order valence-corrected chi connectivity index (χ2v) is 5.33. The standard InChI is InChI=1S/C13H17BrN2O/c1-9-10(8-15-2)7-13(17)16(9)12-6-4-3-5-11(12)14/h3-6,9-10,15H,7-8H2,1-2H3. The van der Waals surface area contributed by atoms with Crippen LogP contribution in [0.4, 0.5) is 5.69 Å². The summed E-state index contributed by atoms with van der Waals surface area (Å²) in [7, 11) is 1.93. The van der Waals surface area contributed by atoms with Gasteiger partial charge in [0.25, 0.3) is 0 Å². The quantitative estimate of drug-likeness (QED) is 0.929. The topological polar surface area (TPSA) is 32.3 Å². The third kappa shape index (κ3) is 2.38. The molecule has 2 rings (SSSR count). The van der Waals surface area contributed by atoms with Gasteiger partial charge in [-0.15, -0.1) is 0 Å². The van der Waals surface area contributed by atoms with E-state index in [9.17, 15) is 4.79 Å². The molecule has 1 aromatic carbocycles. The molecule has 0 spiro atoms. The van der Waals surface area contributed by atoms with Crippen molar-refractivity contribution in [3.8, 4) is 0 Å². The number of amides is 1. The molecule has 1 fully saturated rings. The number of hydrogen-bond acceptors (Lipinski definition) is 2. The molecule has 1 N–H and O–H groups in total. The number of para-hydroxylation sites is 1. The second kappa shape index (κ2) is 5.19. The van der Waals surface area contributed by atoms with Gasteiger partial charge in [-0.05, 0) is 42.0 Å². The van der Waals surface area contributed by atoms with Gasteiger partial charge in [0.1, 0.15) is 0 Å². The van der Waals surface area contributed by atoms with Gasteiger partial charge in [-0.25, -0.2) is 0 Å². The lowest BCUT2D eigenvalue weighted by Crippen LogP contribution is -2.35. The number of benzene rings is 1. The van der Waals surface area contributed by atoms with Crippen molar-refractivity contribution in [1.82, 2.24) is 5.32 Å². The third-order valence-corrected chi connectivity index (χ3v) is 4.04. The Morgan fingerprint density at radius 1 is 1.47 bits per heavy atom. The highest BCUT2D eigenvalue weighted by atomic mass is 79.9. The van der Waals surface area contributed by atoms with Crippen LogP contribution in [0, 0.1) is 5.92 Å². The van der Waals surface area contributed by atoms with Gasteiger partial charge in [-0.1, -0.05) is 12.1 Å². The van der Waals surface area contributed by atoms with E-state index >= 15 is 0 Å². The Kier molecular flexibility index (Phi) is 3.84. The number of carbonyl (C=O) groups excluding carboxylic acids is 1. The zero-order chi connectivity index (χ0) is 12.4. The maximum absolute atomic E-state index is 12.1. The van der Waals surface area contributed by atoms with Crippen LogP contribution in [0.25, 0.3) is 0 Å². The maximum Gasteiger partial charge on any atom is 0.227 e. The summed E-state index contributed by atoms with van der Waals surface area (Å²) in [5.41, 5.74) is 0.976. The Morgan fingerprint density at radius 3 is 2.82 bits per heavy atom. The van der Waals surface area contributed by atoms with Crippen LogP contribution in [0.2, 0.25) is 0 Å². The Hall–Kier alpha value is -0.870. The minimum Gasteiger partial charge on any atom is -0.319 e. The predicted octanol–water partition coefficient (Wildman–Crippen LogP) is 2.41. The first-order valence-electron chi connectivity index (χ1n) is 5.86. The van der Waals surface area contributed by atoms with Gasteiger partial charge in [0.05, 0.1) is 5.69 Å². The van der Waals surface area contributed by atoms with Crippen molar-refractivity contribution in [2.24, 2.45) is 5.92 Å². The van der Waals surface area contributed by atoms with Gasteiger partial charge in [-0.3, -0.25) is 4.79 Å². The highest BCUT2D eigenvalue weighted by Gasteiger charge is 2.37. The van der Waals surface area contributed by atoms with Crippen molar-refractivity contribution in [3.63, 3.8) is 0 Å². The van der Waals surface area contributed by atoms with E-state index in [0.29, 0.717) is 12.3 Å². The number of carbonyl (C=O) groups is 1. The summed E-state index contributed by atoms with van der Waals surface area (Å²) in [5.74, 6) is 0.601. The molecular weight excluding hydrogens is 280 g/mol. The molecule has 2 unspecified atom stereocenters. The molecule has 0 saturated carbocycles. The van der Waals surface area contributed by atoms with Gasteiger partial charge in [-0.2, -0.15) is 0 Å². The van der Waals surface area contributed by atoms with Crippen molar-refractivity contribution in [3.05, 3.63) is 28.7 Å². The van der Waals surface area contributed by atoms with Crippen LogP contribution in [-0.4, -0.2) is 25.5 Å². The van der Waals surface area contributed by atoms with Crippen molar-refractivity contribution < 1.29 is 4.79 Å². The van der Waals surface area contributed by atoms with Crippen LogP contribution < -0.4 is 10.2 Å². The van der Waals surface area contributed by atoms with E-state index in [1.165, 1.54) is 0 Å². The number of hydrogen-bond donors (Lipinski definition) is 1. The van der Waals surface area contributed by atoms with Crippen LogP contribution in [-0.2, 0) is 4.79 Å². The van der Waals surface area contributed by atoms with E-state index in [0.717, 1.165) is 16.7 Å². The van der Waals surface area contributed by atoms with Crippen molar-refractivity contribution >= 4 is 27.5 Å². The van der Waals surface area contributed by atoms with Gasteiger partial charge in [0.15, 0.2) is 0 Å². The molecular formula is C13H17BrN2O. The molecule has 0 aromatic heterocycles. The van der Waals surface area contributed by atoms with Gasteiger partial charge < -0.3 is 10.2 Å². The molecule has 0 bridgehead atoms. The summed E-state index contributed by atoms with van der Waals surface area (Å²) in [6.45, 7) is 3.00. The van der Waals surface area contributed by atoms with Crippen molar-refractivity contribution in [2.75, 3.05) is 18.5 Å². The molecule has 1 aliphatic heterocycles. The first kappa shape index (κ1) is 12.6. The Morgan fingerprint density at radius 2 is 2.18 bits per heavy atom. The minimum absolute atomic E-state index is 0.213. The summed E-state index contributed by atoms with van der Waals surface area (Å²) < 4.78 is 0.977. The molecule has 1 heterocycles. The third-order valence-electron chi connectivity index (χ3n) is 3.37. The fraction of sp³-hybridized carbons (Fsp3) is 0.462. The first-order chi connectivity index (χ1) is 8.15.